The summed E-state index contributed by atoms with van der Waals surface area (Å²) in [4.78, 5) is 0.0855. The molecule has 0 atom stereocenters. The summed E-state index contributed by atoms with van der Waals surface area (Å²) in [5.41, 5.74) is 0.965. The number of hydrogen-bond donors (Lipinski definition) is 0. The fraction of sp³-hybridized carbons (Fsp3) is 0.100. The van der Waals surface area contributed by atoms with E-state index < -0.39 is 10.1 Å². The van der Waals surface area contributed by atoms with E-state index in [2.05, 4.69) is 0 Å². The van der Waals surface area contributed by atoms with Crippen LogP contribution < -0.4 is 13.7 Å². The minimum absolute atomic E-state index is 0.0855. The van der Waals surface area contributed by atoms with Crippen molar-refractivity contribution in [2.24, 2.45) is 0 Å². The van der Waals surface area contributed by atoms with E-state index in [9.17, 15) is 8.42 Å². The summed E-state index contributed by atoms with van der Waals surface area (Å²) in [6.07, 6.45) is 0. The molecule has 26 heavy (non-hydrogen) atoms. The van der Waals surface area contributed by atoms with Gasteiger partial charge in [-0.3, -0.25) is 0 Å². The van der Waals surface area contributed by atoms with Crippen molar-refractivity contribution in [1.82, 2.24) is 0 Å². The standard InChI is InChI=1S/C20H18O5S/c1-15-7-13-18(14-8-15)26(21,22)25-20-6-4-3-5-19(20)24-17-11-9-16(23-2)10-12-17/h3-14H,1-2H3. The minimum Gasteiger partial charge on any atom is -0.497 e. The highest BCUT2D eigenvalue weighted by Crippen LogP contribution is 2.33. The van der Waals surface area contributed by atoms with Gasteiger partial charge < -0.3 is 13.7 Å². The van der Waals surface area contributed by atoms with Crippen LogP contribution in [0.15, 0.2) is 77.7 Å². The van der Waals surface area contributed by atoms with Gasteiger partial charge in [0.2, 0.25) is 0 Å². The van der Waals surface area contributed by atoms with E-state index in [0.29, 0.717) is 17.2 Å². The van der Waals surface area contributed by atoms with Crippen molar-refractivity contribution in [3.8, 4) is 23.0 Å². The maximum atomic E-state index is 12.5. The smallest absolute Gasteiger partial charge is 0.339 e. The molecule has 0 unspecified atom stereocenters. The van der Waals surface area contributed by atoms with Gasteiger partial charge in [-0.15, -0.1) is 0 Å². The highest BCUT2D eigenvalue weighted by atomic mass is 32.2. The molecule has 0 saturated heterocycles. The van der Waals surface area contributed by atoms with Crippen molar-refractivity contribution >= 4 is 10.1 Å². The fourth-order valence-corrected chi connectivity index (χ4v) is 3.19. The summed E-state index contributed by atoms with van der Waals surface area (Å²) in [7, 11) is -2.38. The Bertz CT molecular complexity index is 977. The van der Waals surface area contributed by atoms with Gasteiger partial charge in [0.25, 0.3) is 0 Å². The molecular formula is C20H18O5S. The Morgan fingerprint density at radius 1 is 0.731 bits per heavy atom. The minimum atomic E-state index is -3.96. The van der Waals surface area contributed by atoms with Gasteiger partial charge in [0.15, 0.2) is 11.5 Å². The summed E-state index contributed by atoms with van der Waals surface area (Å²) >= 11 is 0. The number of aryl methyl sites for hydroxylation is 1. The first-order valence-electron chi connectivity index (χ1n) is 7.90. The van der Waals surface area contributed by atoms with Gasteiger partial charge in [0.1, 0.15) is 16.4 Å². The molecule has 0 amide bonds. The molecule has 0 aromatic heterocycles. The first kappa shape index (κ1) is 17.8. The Kier molecular flexibility index (Phi) is 5.14. The molecular weight excluding hydrogens is 352 g/mol. The second-order valence-electron chi connectivity index (χ2n) is 5.57. The van der Waals surface area contributed by atoms with Gasteiger partial charge in [-0.25, -0.2) is 0 Å². The maximum absolute atomic E-state index is 12.5. The summed E-state index contributed by atoms with van der Waals surface area (Å²) in [6.45, 7) is 1.88. The summed E-state index contributed by atoms with van der Waals surface area (Å²) < 4.78 is 41.2. The van der Waals surface area contributed by atoms with Crippen LogP contribution in [0.1, 0.15) is 5.56 Å². The van der Waals surface area contributed by atoms with Crippen molar-refractivity contribution < 1.29 is 22.1 Å². The molecule has 3 rings (SSSR count). The van der Waals surface area contributed by atoms with E-state index in [1.807, 2.05) is 6.92 Å². The molecule has 3 aromatic carbocycles. The third-order valence-electron chi connectivity index (χ3n) is 3.65. The molecule has 5 nitrogen and oxygen atoms in total. The van der Waals surface area contributed by atoms with E-state index in [4.69, 9.17) is 13.7 Å². The number of methoxy groups -OCH3 is 1. The van der Waals surface area contributed by atoms with E-state index in [-0.39, 0.29) is 10.6 Å². The van der Waals surface area contributed by atoms with Crippen LogP contribution in [0, 0.1) is 6.92 Å². The zero-order valence-electron chi connectivity index (χ0n) is 14.4. The first-order chi connectivity index (χ1) is 12.5. The van der Waals surface area contributed by atoms with Crippen LogP contribution in [0.5, 0.6) is 23.0 Å². The molecule has 0 aliphatic rings. The van der Waals surface area contributed by atoms with Crippen molar-refractivity contribution in [3.63, 3.8) is 0 Å². The van der Waals surface area contributed by atoms with Crippen LogP contribution in [-0.2, 0) is 10.1 Å². The molecule has 0 radical (unpaired) electrons. The molecule has 3 aromatic rings. The first-order valence-corrected chi connectivity index (χ1v) is 9.31. The number of para-hydroxylation sites is 2. The molecule has 0 bridgehead atoms. The molecule has 6 heteroatoms. The Labute approximate surface area is 152 Å². The Balaban J connectivity index is 1.85. The lowest BCUT2D eigenvalue weighted by atomic mass is 10.2. The monoisotopic (exact) mass is 370 g/mol. The largest absolute Gasteiger partial charge is 0.497 e. The average Bonchev–Trinajstić information content (AvgIpc) is 2.64. The van der Waals surface area contributed by atoms with E-state index >= 15 is 0 Å². The van der Waals surface area contributed by atoms with Crippen LogP contribution in [0.2, 0.25) is 0 Å². The fourth-order valence-electron chi connectivity index (χ4n) is 2.25. The lowest BCUT2D eigenvalue weighted by Gasteiger charge is -2.12. The zero-order chi connectivity index (χ0) is 18.6. The zero-order valence-corrected chi connectivity index (χ0v) is 15.2. The summed E-state index contributed by atoms with van der Waals surface area (Å²) in [5, 5.41) is 0. The van der Waals surface area contributed by atoms with Crippen LogP contribution >= 0.6 is 0 Å². The topological polar surface area (TPSA) is 61.8 Å². The van der Waals surface area contributed by atoms with Crippen LogP contribution in [0.3, 0.4) is 0 Å². The summed E-state index contributed by atoms with van der Waals surface area (Å²) in [5.74, 6) is 1.65. The van der Waals surface area contributed by atoms with Gasteiger partial charge >= 0.3 is 10.1 Å². The molecule has 0 fully saturated rings. The van der Waals surface area contributed by atoms with Gasteiger partial charge in [-0.05, 0) is 55.5 Å². The van der Waals surface area contributed by atoms with E-state index in [0.717, 1.165) is 5.56 Å². The highest BCUT2D eigenvalue weighted by Gasteiger charge is 2.19. The Hall–Kier alpha value is -2.99. The number of ether oxygens (including phenoxy) is 2. The van der Waals surface area contributed by atoms with E-state index in [1.165, 1.54) is 12.1 Å². The van der Waals surface area contributed by atoms with Gasteiger partial charge in [-0.1, -0.05) is 29.8 Å². The third kappa shape index (κ3) is 4.15. The highest BCUT2D eigenvalue weighted by molar-refractivity contribution is 7.87. The predicted octanol–water partition coefficient (Wildman–Crippen LogP) is 4.56. The number of benzene rings is 3. The Morgan fingerprint density at radius 3 is 1.92 bits per heavy atom. The maximum Gasteiger partial charge on any atom is 0.339 e. The second-order valence-corrected chi connectivity index (χ2v) is 7.12. The van der Waals surface area contributed by atoms with E-state index in [1.54, 1.807) is 67.8 Å². The lowest BCUT2D eigenvalue weighted by molar-refractivity contribution is 0.411. The average molecular weight is 370 g/mol. The molecule has 0 aliphatic heterocycles. The van der Waals surface area contributed by atoms with Crippen molar-refractivity contribution in [1.29, 1.82) is 0 Å². The predicted molar refractivity (Wildman–Crippen MR) is 98.5 cm³/mol. The lowest BCUT2D eigenvalue weighted by Crippen LogP contribution is -2.10. The molecule has 0 saturated carbocycles. The van der Waals surface area contributed by atoms with Crippen LogP contribution in [0.25, 0.3) is 0 Å². The molecule has 134 valence electrons. The molecule has 0 heterocycles. The molecule has 0 N–H and O–H groups in total. The van der Waals surface area contributed by atoms with Gasteiger partial charge in [0, 0.05) is 0 Å². The molecule has 0 spiro atoms. The number of rotatable bonds is 6. The van der Waals surface area contributed by atoms with Crippen molar-refractivity contribution in [2.75, 3.05) is 7.11 Å². The van der Waals surface area contributed by atoms with Crippen molar-refractivity contribution in [2.45, 2.75) is 11.8 Å². The second kappa shape index (κ2) is 7.49. The quantitative estimate of drug-likeness (QED) is 0.595. The normalized spacial score (nSPS) is 11.0. The van der Waals surface area contributed by atoms with Gasteiger partial charge in [0.05, 0.1) is 7.11 Å². The van der Waals surface area contributed by atoms with Crippen molar-refractivity contribution in [3.05, 3.63) is 78.4 Å². The molecule has 0 aliphatic carbocycles. The van der Waals surface area contributed by atoms with Crippen LogP contribution in [0.4, 0.5) is 0 Å². The third-order valence-corrected chi connectivity index (χ3v) is 4.89. The SMILES string of the molecule is COc1ccc(Oc2ccccc2OS(=O)(=O)c2ccc(C)cc2)cc1. The van der Waals surface area contributed by atoms with Crippen LogP contribution in [-0.4, -0.2) is 15.5 Å². The Morgan fingerprint density at radius 2 is 1.31 bits per heavy atom. The van der Waals surface area contributed by atoms with Gasteiger partial charge in [-0.2, -0.15) is 8.42 Å². The summed E-state index contributed by atoms with van der Waals surface area (Å²) in [6, 6.07) is 20.0. The number of hydrogen-bond acceptors (Lipinski definition) is 5.